The molecule has 0 aliphatic heterocycles. The lowest BCUT2D eigenvalue weighted by molar-refractivity contribution is -0.137. The molecule has 0 unspecified atom stereocenters. The highest BCUT2D eigenvalue weighted by molar-refractivity contribution is 7.91. The van der Waals surface area contributed by atoms with Crippen LogP contribution < -0.4 is 9.46 Å². The summed E-state index contributed by atoms with van der Waals surface area (Å²) in [4.78, 5) is 0. The van der Waals surface area contributed by atoms with Crippen LogP contribution in [-0.4, -0.2) is 28.4 Å². The van der Waals surface area contributed by atoms with Gasteiger partial charge in [-0.25, -0.2) is 13.1 Å². The number of hydrogen-bond acceptors (Lipinski definition) is 6. The van der Waals surface area contributed by atoms with Crippen molar-refractivity contribution in [3.63, 3.8) is 0 Å². The SMILES string of the molecule is Cc1ccn(-c2ccc(Oc3ccc(NS(=O)(=O)Cc4ccc(C(F)(F)F)cc4)cc3)nn2)n1. The molecule has 2 heterocycles. The summed E-state index contributed by atoms with van der Waals surface area (Å²) < 4.78 is 72.3. The van der Waals surface area contributed by atoms with Gasteiger partial charge in [-0.1, -0.05) is 12.1 Å². The third-order valence-electron chi connectivity index (χ3n) is 4.57. The van der Waals surface area contributed by atoms with Gasteiger partial charge < -0.3 is 4.74 Å². The second-order valence-corrected chi connectivity index (χ2v) is 9.04. The first kappa shape index (κ1) is 23.2. The summed E-state index contributed by atoms with van der Waals surface area (Å²) in [5.41, 5.74) is 0.507. The van der Waals surface area contributed by atoms with Gasteiger partial charge in [0.25, 0.3) is 0 Å². The number of anilines is 1. The molecule has 0 bridgehead atoms. The maximum Gasteiger partial charge on any atom is 0.416 e. The first-order valence-electron chi connectivity index (χ1n) is 9.88. The minimum absolute atomic E-state index is 0.229. The van der Waals surface area contributed by atoms with Crippen LogP contribution in [0.25, 0.3) is 5.82 Å². The van der Waals surface area contributed by atoms with Gasteiger partial charge in [-0.15, -0.1) is 10.2 Å². The molecule has 0 aliphatic rings. The molecule has 0 saturated heterocycles. The van der Waals surface area contributed by atoms with Gasteiger partial charge in [0.1, 0.15) is 5.75 Å². The summed E-state index contributed by atoms with van der Waals surface area (Å²) in [6.07, 6.45) is -2.72. The number of benzene rings is 2. The number of aromatic nitrogens is 4. The average Bonchev–Trinajstić information content (AvgIpc) is 3.21. The number of rotatable bonds is 7. The van der Waals surface area contributed by atoms with E-state index in [1.54, 1.807) is 35.1 Å². The Labute approximate surface area is 193 Å². The highest BCUT2D eigenvalue weighted by Gasteiger charge is 2.30. The molecule has 2 aromatic carbocycles. The van der Waals surface area contributed by atoms with E-state index in [1.165, 1.54) is 12.1 Å². The van der Waals surface area contributed by atoms with Crippen molar-refractivity contribution in [1.82, 2.24) is 20.0 Å². The van der Waals surface area contributed by atoms with E-state index >= 15 is 0 Å². The monoisotopic (exact) mass is 489 g/mol. The number of ether oxygens (including phenoxy) is 1. The molecule has 0 radical (unpaired) electrons. The molecule has 12 heteroatoms. The van der Waals surface area contributed by atoms with Crippen molar-refractivity contribution < 1.29 is 26.3 Å². The van der Waals surface area contributed by atoms with Gasteiger partial charge in [0, 0.05) is 18.0 Å². The molecule has 8 nitrogen and oxygen atoms in total. The Balaban J connectivity index is 1.36. The van der Waals surface area contributed by atoms with Crippen LogP contribution in [0, 0.1) is 6.92 Å². The average molecular weight is 489 g/mol. The lowest BCUT2D eigenvalue weighted by Gasteiger charge is -2.10. The summed E-state index contributed by atoms with van der Waals surface area (Å²) in [6.45, 7) is 1.86. The molecule has 0 amide bonds. The number of nitrogens with one attached hydrogen (secondary N) is 1. The normalized spacial score (nSPS) is 11.9. The van der Waals surface area contributed by atoms with Crippen LogP contribution in [0.2, 0.25) is 0 Å². The molecule has 2 aromatic heterocycles. The second kappa shape index (κ2) is 9.14. The Morgan fingerprint density at radius 2 is 1.65 bits per heavy atom. The van der Waals surface area contributed by atoms with Gasteiger partial charge >= 0.3 is 6.18 Å². The van der Waals surface area contributed by atoms with Gasteiger partial charge in [-0.2, -0.15) is 18.3 Å². The predicted molar refractivity (Wildman–Crippen MR) is 118 cm³/mol. The fraction of sp³-hybridized carbons (Fsp3) is 0.136. The highest BCUT2D eigenvalue weighted by Crippen LogP contribution is 2.29. The summed E-state index contributed by atoms with van der Waals surface area (Å²) >= 11 is 0. The molecule has 34 heavy (non-hydrogen) atoms. The number of alkyl halides is 3. The van der Waals surface area contributed by atoms with Crippen molar-refractivity contribution in [3.8, 4) is 17.4 Å². The van der Waals surface area contributed by atoms with Crippen molar-refractivity contribution >= 4 is 15.7 Å². The Hall–Kier alpha value is -3.93. The van der Waals surface area contributed by atoms with Crippen LogP contribution in [0.3, 0.4) is 0 Å². The largest absolute Gasteiger partial charge is 0.438 e. The molecule has 1 N–H and O–H groups in total. The molecule has 4 rings (SSSR count). The quantitative estimate of drug-likeness (QED) is 0.403. The van der Waals surface area contributed by atoms with E-state index in [0.717, 1.165) is 30.0 Å². The third kappa shape index (κ3) is 5.90. The van der Waals surface area contributed by atoms with Gasteiger partial charge in [-0.05, 0) is 61.0 Å². The van der Waals surface area contributed by atoms with E-state index in [2.05, 4.69) is 20.0 Å². The van der Waals surface area contributed by atoms with E-state index in [0.29, 0.717) is 11.6 Å². The van der Waals surface area contributed by atoms with Crippen molar-refractivity contribution in [2.75, 3.05) is 4.72 Å². The number of nitrogens with zero attached hydrogens (tertiary/aromatic N) is 4. The molecule has 0 fully saturated rings. The lowest BCUT2D eigenvalue weighted by Crippen LogP contribution is -2.15. The molecule has 0 atom stereocenters. The third-order valence-corrected chi connectivity index (χ3v) is 5.83. The predicted octanol–water partition coefficient (Wildman–Crippen LogP) is 4.72. The zero-order chi connectivity index (χ0) is 24.3. The molecular weight excluding hydrogens is 471 g/mol. The molecule has 0 spiro atoms. The smallest absolute Gasteiger partial charge is 0.416 e. The number of hydrogen-bond donors (Lipinski definition) is 1. The van der Waals surface area contributed by atoms with E-state index in [1.807, 2.05) is 13.0 Å². The molecule has 0 saturated carbocycles. The van der Waals surface area contributed by atoms with Crippen LogP contribution in [0.5, 0.6) is 11.6 Å². The summed E-state index contributed by atoms with van der Waals surface area (Å²) in [5, 5.41) is 12.3. The zero-order valence-corrected chi connectivity index (χ0v) is 18.5. The summed E-state index contributed by atoms with van der Waals surface area (Å²) in [5.74, 6) is 0.699. The Bertz CT molecular complexity index is 1370. The van der Waals surface area contributed by atoms with Crippen molar-refractivity contribution in [1.29, 1.82) is 0 Å². The molecule has 176 valence electrons. The fourth-order valence-corrected chi connectivity index (χ4v) is 4.17. The van der Waals surface area contributed by atoms with E-state index < -0.39 is 27.5 Å². The van der Waals surface area contributed by atoms with Gasteiger partial charge in [0.2, 0.25) is 15.9 Å². The van der Waals surface area contributed by atoms with Crippen LogP contribution in [0.4, 0.5) is 18.9 Å². The van der Waals surface area contributed by atoms with Crippen LogP contribution in [0.1, 0.15) is 16.8 Å². The topological polar surface area (TPSA) is 99.0 Å². The molecular formula is C22H18F3N5O3S. The van der Waals surface area contributed by atoms with Crippen molar-refractivity contribution in [2.45, 2.75) is 18.9 Å². The number of aryl methyl sites for hydroxylation is 1. The maximum absolute atomic E-state index is 12.7. The van der Waals surface area contributed by atoms with Gasteiger partial charge in [0.05, 0.1) is 17.0 Å². The lowest BCUT2D eigenvalue weighted by atomic mass is 10.1. The minimum Gasteiger partial charge on any atom is -0.438 e. The number of sulfonamides is 1. The van der Waals surface area contributed by atoms with Crippen LogP contribution in [0.15, 0.2) is 72.9 Å². The Morgan fingerprint density at radius 1 is 0.941 bits per heavy atom. The first-order valence-corrected chi connectivity index (χ1v) is 11.5. The standard InChI is InChI=1S/C22H18F3N5O3S/c1-15-12-13-30(28-15)20-10-11-21(27-26-20)33-19-8-6-18(7-9-19)29-34(31,32)14-16-2-4-17(5-3-16)22(23,24)25/h2-13,29H,14H2,1H3. The zero-order valence-electron chi connectivity index (χ0n) is 17.7. The van der Waals surface area contributed by atoms with E-state index in [4.69, 9.17) is 4.74 Å². The molecule has 4 aromatic rings. The van der Waals surface area contributed by atoms with Crippen molar-refractivity contribution in [2.24, 2.45) is 0 Å². The Morgan fingerprint density at radius 3 is 2.21 bits per heavy atom. The van der Waals surface area contributed by atoms with Crippen LogP contribution in [-0.2, 0) is 22.0 Å². The first-order chi connectivity index (χ1) is 16.1. The summed E-state index contributed by atoms with van der Waals surface area (Å²) in [7, 11) is -3.84. The Kier molecular flexibility index (Phi) is 6.24. The second-order valence-electron chi connectivity index (χ2n) is 7.31. The van der Waals surface area contributed by atoms with Gasteiger partial charge in [0.15, 0.2) is 5.82 Å². The number of halogens is 3. The highest BCUT2D eigenvalue weighted by atomic mass is 32.2. The van der Waals surface area contributed by atoms with Gasteiger partial charge in [-0.3, -0.25) is 4.72 Å². The van der Waals surface area contributed by atoms with Crippen LogP contribution >= 0.6 is 0 Å². The fourth-order valence-electron chi connectivity index (χ4n) is 2.97. The molecule has 0 aliphatic carbocycles. The van der Waals surface area contributed by atoms with E-state index in [9.17, 15) is 21.6 Å². The summed E-state index contributed by atoms with van der Waals surface area (Å²) in [6, 6.07) is 15.2. The maximum atomic E-state index is 12.7. The minimum atomic E-state index is -4.48. The van der Waals surface area contributed by atoms with Crippen molar-refractivity contribution in [3.05, 3.63) is 89.7 Å². The van der Waals surface area contributed by atoms with E-state index in [-0.39, 0.29) is 17.1 Å².